The summed E-state index contributed by atoms with van der Waals surface area (Å²) in [5.41, 5.74) is 0. The smallest absolute Gasteiger partial charge is 0.328 e. The zero-order valence-electron chi connectivity index (χ0n) is 13.2. The molecule has 1 saturated heterocycles. The van der Waals surface area contributed by atoms with Gasteiger partial charge in [-0.2, -0.15) is 0 Å². The number of morpholine rings is 1. The number of ether oxygens (including phenoxy) is 1. The van der Waals surface area contributed by atoms with Crippen molar-refractivity contribution in [2.45, 2.75) is 44.7 Å². The van der Waals surface area contributed by atoms with Gasteiger partial charge in [0.15, 0.2) is 6.04 Å². The van der Waals surface area contributed by atoms with Crippen molar-refractivity contribution in [3.63, 3.8) is 0 Å². The molecule has 1 aliphatic heterocycles. The third kappa shape index (κ3) is 5.15. The number of carboxylic acids is 1. The molecule has 1 amide bonds. The molecule has 2 fully saturated rings. The van der Waals surface area contributed by atoms with Crippen LogP contribution >= 0.6 is 0 Å². The number of hydrogen-bond donors (Lipinski definition) is 2. The maximum atomic E-state index is 12.2. The Balaban J connectivity index is 1.93. The van der Waals surface area contributed by atoms with Crippen LogP contribution in [-0.2, 0) is 24.3 Å². The number of amides is 1. The molecule has 1 heterocycles. The second-order valence-corrected chi connectivity index (χ2v) is 8.10. The minimum absolute atomic E-state index is 0.0895. The minimum Gasteiger partial charge on any atom is -0.480 e. The Bertz CT molecular complexity index is 541. The second kappa shape index (κ2) is 7.59. The summed E-state index contributed by atoms with van der Waals surface area (Å²) < 4.78 is 32.0. The van der Waals surface area contributed by atoms with Crippen LogP contribution in [0.25, 0.3) is 0 Å². The Labute approximate surface area is 136 Å². The number of aliphatic carboxylic acids is 1. The van der Waals surface area contributed by atoms with Crippen LogP contribution in [-0.4, -0.2) is 67.9 Å². The van der Waals surface area contributed by atoms with Crippen LogP contribution < -0.4 is 4.72 Å². The second-order valence-electron chi connectivity index (χ2n) is 6.35. The summed E-state index contributed by atoms with van der Waals surface area (Å²) in [5, 5.41) is 9.10. The molecule has 2 rings (SSSR count). The molecule has 132 valence electrons. The molecule has 0 unspecified atom stereocenters. The summed E-state index contributed by atoms with van der Waals surface area (Å²) in [6.45, 7) is 2.32. The summed E-state index contributed by atoms with van der Waals surface area (Å²) >= 11 is 0. The molecule has 23 heavy (non-hydrogen) atoms. The third-order valence-electron chi connectivity index (χ3n) is 4.41. The van der Waals surface area contributed by atoms with Crippen LogP contribution in [0.2, 0.25) is 0 Å². The normalized spacial score (nSPS) is 29.3. The SMILES string of the molecule is CC1CCC(NS(=O)(=O)CC(=O)N2CCOC[C@H]2C(=O)O)CC1. The van der Waals surface area contributed by atoms with Crippen molar-refractivity contribution in [2.24, 2.45) is 5.92 Å². The number of nitrogens with zero attached hydrogens (tertiary/aromatic N) is 1. The van der Waals surface area contributed by atoms with E-state index in [1.165, 1.54) is 0 Å². The molecule has 0 aromatic heterocycles. The molecule has 2 aliphatic rings. The molecular formula is C14H24N2O6S. The average molecular weight is 348 g/mol. The first-order valence-corrected chi connectivity index (χ1v) is 9.54. The first kappa shape index (κ1) is 18.2. The lowest BCUT2D eigenvalue weighted by molar-refractivity contribution is -0.157. The zero-order valence-corrected chi connectivity index (χ0v) is 14.0. The van der Waals surface area contributed by atoms with E-state index in [2.05, 4.69) is 11.6 Å². The van der Waals surface area contributed by atoms with Gasteiger partial charge in [0.1, 0.15) is 5.75 Å². The highest BCUT2D eigenvalue weighted by Gasteiger charge is 2.35. The van der Waals surface area contributed by atoms with E-state index >= 15 is 0 Å². The van der Waals surface area contributed by atoms with E-state index in [0.29, 0.717) is 5.92 Å². The minimum atomic E-state index is -3.77. The van der Waals surface area contributed by atoms with Crippen molar-refractivity contribution in [2.75, 3.05) is 25.5 Å². The summed E-state index contributed by atoms with van der Waals surface area (Å²) in [6.07, 6.45) is 3.46. The lowest BCUT2D eigenvalue weighted by atomic mass is 9.88. The first-order valence-electron chi connectivity index (χ1n) is 7.88. The van der Waals surface area contributed by atoms with Gasteiger partial charge in [0.25, 0.3) is 0 Å². The number of hydrogen-bond acceptors (Lipinski definition) is 5. The largest absolute Gasteiger partial charge is 0.480 e. The summed E-state index contributed by atoms with van der Waals surface area (Å²) in [4.78, 5) is 24.4. The number of carboxylic acid groups (broad SMARTS) is 1. The standard InChI is InChI=1S/C14H24N2O6S/c1-10-2-4-11(5-3-10)15-23(20,21)9-13(17)16-6-7-22-8-12(16)14(18)19/h10-12,15H,2-9H2,1H3,(H,18,19)/t10?,11?,12-/m0/s1. The van der Waals surface area contributed by atoms with E-state index in [9.17, 15) is 18.0 Å². The molecule has 9 heteroatoms. The zero-order chi connectivity index (χ0) is 17.0. The number of carbonyl (C=O) groups is 2. The Kier molecular flexibility index (Phi) is 5.99. The maximum Gasteiger partial charge on any atom is 0.328 e. The Hall–Kier alpha value is -1.19. The average Bonchev–Trinajstić information content (AvgIpc) is 2.49. The van der Waals surface area contributed by atoms with Gasteiger partial charge in [-0.1, -0.05) is 6.92 Å². The summed E-state index contributed by atoms with van der Waals surface area (Å²) in [7, 11) is -3.77. The fraction of sp³-hybridized carbons (Fsp3) is 0.857. The van der Waals surface area contributed by atoms with Gasteiger partial charge in [-0.15, -0.1) is 0 Å². The highest BCUT2D eigenvalue weighted by atomic mass is 32.2. The maximum absolute atomic E-state index is 12.2. The van der Waals surface area contributed by atoms with Crippen LogP contribution in [0.4, 0.5) is 0 Å². The van der Waals surface area contributed by atoms with Crippen LogP contribution in [0.15, 0.2) is 0 Å². The highest BCUT2D eigenvalue weighted by molar-refractivity contribution is 7.90. The molecular weight excluding hydrogens is 324 g/mol. The van der Waals surface area contributed by atoms with Gasteiger partial charge in [-0.3, -0.25) is 4.79 Å². The van der Waals surface area contributed by atoms with Crippen LogP contribution in [0.5, 0.6) is 0 Å². The Morgan fingerprint density at radius 2 is 1.91 bits per heavy atom. The molecule has 1 aliphatic carbocycles. The number of rotatable bonds is 5. The van der Waals surface area contributed by atoms with Crippen molar-refractivity contribution in [1.82, 2.24) is 9.62 Å². The fourth-order valence-corrected chi connectivity index (χ4v) is 4.34. The molecule has 0 aromatic carbocycles. The molecule has 0 bridgehead atoms. The molecule has 1 saturated carbocycles. The van der Waals surface area contributed by atoms with E-state index in [1.807, 2.05) is 0 Å². The van der Waals surface area contributed by atoms with Crippen molar-refractivity contribution >= 4 is 21.9 Å². The number of sulfonamides is 1. The monoisotopic (exact) mass is 348 g/mol. The van der Waals surface area contributed by atoms with E-state index in [-0.39, 0.29) is 25.8 Å². The van der Waals surface area contributed by atoms with Crippen LogP contribution in [0.3, 0.4) is 0 Å². The van der Waals surface area contributed by atoms with E-state index in [1.54, 1.807) is 0 Å². The lowest BCUT2D eigenvalue weighted by Gasteiger charge is -2.33. The van der Waals surface area contributed by atoms with E-state index in [4.69, 9.17) is 9.84 Å². The third-order valence-corrected chi connectivity index (χ3v) is 5.73. The Morgan fingerprint density at radius 1 is 1.26 bits per heavy atom. The lowest BCUT2D eigenvalue weighted by Crippen LogP contribution is -2.55. The summed E-state index contributed by atoms with van der Waals surface area (Å²) in [6, 6.07) is -1.26. The highest BCUT2D eigenvalue weighted by Crippen LogP contribution is 2.23. The molecule has 0 spiro atoms. The van der Waals surface area contributed by atoms with Gasteiger partial charge >= 0.3 is 5.97 Å². The van der Waals surface area contributed by atoms with Crippen LogP contribution in [0.1, 0.15) is 32.6 Å². The predicted octanol–water partition coefficient (Wildman–Crippen LogP) is -0.203. The molecule has 0 radical (unpaired) electrons. The van der Waals surface area contributed by atoms with Gasteiger partial charge in [-0.05, 0) is 31.6 Å². The van der Waals surface area contributed by atoms with Gasteiger partial charge in [0, 0.05) is 12.6 Å². The van der Waals surface area contributed by atoms with E-state index in [0.717, 1.165) is 30.6 Å². The van der Waals surface area contributed by atoms with Gasteiger partial charge in [0.2, 0.25) is 15.9 Å². The van der Waals surface area contributed by atoms with Gasteiger partial charge in [0.05, 0.1) is 13.2 Å². The first-order chi connectivity index (χ1) is 10.8. The van der Waals surface area contributed by atoms with E-state index < -0.39 is 33.7 Å². The number of carbonyl (C=O) groups excluding carboxylic acids is 1. The van der Waals surface area contributed by atoms with Crippen molar-refractivity contribution in [1.29, 1.82) is 0 Å². The van der Waals surface area contributed by atoms with Crippen LogP contribution in [0, 0.1) is 5.92 Å². The van der Waals surface area contributed by atoms with Gasteiger partial charge < -0.3 is 14.7 Å². The van der Waals surface area contributed by atoms with Crippen molar-refractivity contribution < 1.29 is 27.9 Å². The number of nitrogens with one attached hydrogen (secondary N) is 1. The molecule has 0 aromatic rings. The van der Waals surface area contributed by atoms with Crippen molar-refractivity contribution in [3.8, 4) is 0 Å². The predicted molar refractivity (Wildman–Crippen MR) is 82.3 cm³/mol. The summed E-state index contributed by atoms with van der Waals surface area (Å²) in [5.74, 6) is -2.01. The molecule has 2 N–H and O–H groups in total. The topological polar surface area (TPSA) is 113 Å². The molecule has 8 nitrogen and oxygen atoms in total. The van der Waals surface area contributed by atoms with Crippen molar-refractivity contribution in [3.05, 3.63) is 0 Å². The van der Waals surface area contributed by atoms with Gasteiger partial charge in [-0.25, -0.2) is 17.9 Å². The fourth-order valence-electron chi connectivity index (χ4n) is 3.03. The molecule has 1 atom stereocenters. The Morgan fingerprint density at radius 3 is 2.52 bits per heavy atom. The quantitative estimate of drug-likeness (QED) is 0.711.